The second-order valence-corrected chi connectivity index (χ2v) is 5.40. The van der Waals surface area contributed by atoms with E-state index in [-0.39, 0.29) is 6.61 Å². The molecule has 0 aliphatic heterocycles. The number of aliphatic hydroxyl groups excluding tert-OH is 1. The maximum Gasteiger partial charge on any atom is 0.123 e. The van der Waals surface area contributed by atoms with E-state index in [0.717, 1.165) is 30.0 Å². The van der Waals surface area contributed by atoms with Crippen molar-refractivity contribution in [3.8, 4) is 5.75 Å². The number of hydrogen-bond donors (Lipinski definition) is 1. The fourth-order valence-corrected chi connectivity index (χ4v) is 2.48. The quantitative estimate of drug-likeness (QED) is 0.885. The van der Waals surface area contributed by atoms with Crippen LogP contribution < -0.4 is 4.74 Å². The van der Waals surface area contributed by atoms with Crippen molar-refractivity contribution < 1.29 is 9.84 Å². The summed E-state index contributed by atoms with van der Waals surface area (Å²) in [6.45, 7) is 3.86. The first-order chi connectivity index (χ1) is 10.1. The standard InChI is InChI=1S/C18H23NO2/c1-14-6-4-5-7-16(14)11-19(2)12-17-10-15(13-20)8-9-18(17)21-3/h4-10,20H,11-13H2,1-3H3. The van der Waals surface area contributed by atoms with Crippen molar-refractivity contribution in [3.05, 3.63) is 64.7 Å². The van der Waals surface area contributed by atoms with Gasteiger partial charge in [0.25, 0.3) is 0 Å². The lowest BCUT2D eigenvalue weighted by molar-refractivity contribution is 0.280. The van der Waals surface area contributed by atoms with Crippen LogP contribution in [0, 0.1) is 6.92 Å². The predicted octanol–water partition coefficient (Wildman–Crippen LogP) is 3.13. The van der Waals surface area contributed by atoms with Crippen LogP contribution in [0.3, 0.4) is 0 Å². The monoisotopic (exact) mass is 285 g/mol. The Morgan fingerprint density at radius 1 is 1.05 bits per heavy atom. The largest absolute Gasteiger partial charge is 0.496 e. The molecule has 0 saturated heterocycles. The lowest BCUT2D eigenvalue weighted by Crippen LogP contribution is -2.18. The summed E-state index contributed by atoms with van der Waals surface area (Å²) >= 11 is 0. The Balaban J connectivity index is 2.12. The van der Waals surface area contributed by atoms with Crippen LogP contribution in [-0.2, 0) is 19.7 Å². The Hall–Kier alpha value is -1.84. The Kier molecular flexibility index (Phi) is 5.37. The van der Waals surface area contributed by atoms with Crippen molar-refractivity contribution in [2.24, 2.45) is 0 Å². The van der Waals surface area contributed by atoms with Crippen LogP contribution in [-0.4, -0.2) is 24.2 Å². The van der Waals surface area contributed by atoms with E-state index in [0.29, 0.717) is 0 Å². The highest BCUT2D eigenvalue weighted by Crippen LogP contribution is 2.22. The van der Waals surface area contributed by atoms with Crippen LogP contribution >= 0.6 is 0 Å². The molecule has 1 N–H and O–H groups in total. The molecule has 0 fully saturated rings. The smallest absolute Gasteiger partial charge is 0.123 e. The third kappa shape index (κ3) is 4.06. The summed E-state index contributed by atoms with van der Waals surface area (Å²) < 4.78 is 5.41. The summed E-state index contributed by atoms with van der Waals surface area (Å²) in [5.74, 6) is 0.865. The van der Waals surface area contributed by atoms with E-state index in [1.54, 1.807) is 7.11 Å². The van der Waals surface area contributed by atoms with Crippen molar-refractivity contribution in [1.29, 1.82) is 0 Å². The molecule has 3 heteroatoms. The average Bonchev–Trinajstić information content (AvgIpc) is 2.49. The van der Waals surface area contributed by atoms with Gasteiger partial charge in [0.15, 0.2) is 0 Å². The van der Waals surface area contributed by atoms with Crippen molar-refractivity contribution in [2.45, 2.75) is 26.6 Å². The summed E-state index contributed by atoms with van der Waals surface area (Å²) in [4.78, 5) is 2.25. The van der Waals surface area contributed by atoms with Crippen LogP contribution in [0.1, 0.15) is 22.3 Å². The number of nitrogens with zero attached hydrogens (tertiary/aromatic N) is 1. The molecule has 2 aromatic carbocycles. The molecule has 0 aliphatic carbocycles. The first-order valence-corrected chi connectivity index (χ1v) is 7.13. The van der Waals surface area contributed by atoms with Crippen LogP contribution in [0.15, 0.2) is 42.5 Å². The van der Waals surface area contributed by atoms with Crippen LogP contribution in [0.4, 0.5) is 0 Å². The number of rotatable bonds is 6. The number of aliphatic hydroxyl groups is 1. The molecule has 112 valence electrons. The molecule has 0 unspecified atom stereocenters. The summed E-state index contributed by atoms with van der Waals surface area (Å²) in [5.41, 5.74) is 4.65. The van der Waals surface area contributed by atoms with E-state index >= 15 is 0 Å². The van der Waals surface area contributed by atoms with Crippen LogP contribution in [0.25, 0.3) is 0 Å². The Morgan fingerprint density at radius 2 is 1.76 bits per heavy atom. The van der Waals surface area contributed by atoms with Gasteiger partial charge in [-0.15, -0.1) is 0 Å². The summed E-state index contributed by atoms with van der Waals surface area (Å²) in [6.07, 6.45) is 0. The minimum atomic E-state index is 0.0541. The Morgan fingerprint density at radius 3 is 2.43 bits per heavy atom. The van der Waals surface area contributed by atoms with Crippen LogP contribution in [0.2, 0.25) is 0 Å². The lowest BCUT2D eigenvalue weighted by atomic mass is 10.1. The minimum Gasteiger partial charge on any atom is -0.496 e. The summed E-state index contributed by atoms with van der Waals surface area (Å²) in [7, 11) is 3.77. The zero-order valence-electron chi connectivity index (χ0n) is 13.0. The van der Waals surface area contributed by atoms with Gasteiger partial charge in [-0.2, -0.15) is 0 Å². The third-order valence-electron chi connectivity index (χ3n) is 3.67. The molecule has 3 nitrogen and oxygen atoms in total. The maximum absolute atomic E-state index is 9.28. The second kappa shape index (κ2) is 7.25. The summed E-state index contributed by atoms with van der Waals surface area (Å²) in [5, 5.41) is 9.28. The zero-order valence-corrected chi connectivity index (χ0v) is 13.0. The van der Waals surface area contributed by atoms with Gasteiger partial charge >= 0.3 is 0 Å². The van der Waals surface area contributed by atoms with Crippen LogP contribution in [0.5, 0.6) is 5.75 Å². The topological polar surface area (TPSA) is 32.7 Å². The van der Waals surface area contributed by atoms with E-state index < -0.39 is 0 Å². The number of hydrogen-bond acceptors (Lipinski definition) is 3. The Bertz CT molecular complexity index is 596. The van der Waals surface area contributed by atoms with E-state index in [9.17, 15) is 5.11 Å². The molecule has 0 aromatic heterocycles. The van der Waals surface area contributed by atoms with Gasteiger partial charge in [0.05, 0.1) is 13.7 Å². The van der Waals surface area contributed by atoms with Gasteiger partial charge in [0.1, 0.15) is 5.75 Å². The maximum atomic E-state index is 9.28. The van der Waals surface area contributed by atoms with Gasteiger partial charge in [-0.1, -0.05) is 30.3 Å². The Labute approximate surface area is 126 Å². The number of ether oxygens (including phenoxy) is 1. The average molecular weight is 285 g/mol. The van der Waals surface area contributed by atoms with Crippen molar-refractivity contribution in [1.82, 2.24) is 4.90 Å². The molecule has 0 radical (unpaired) electrons. The van der Waals surface area contributed by atoms with E-state index in [2.05, 4.69) is 43.1 Å². The predicted molar refractivity (Wildman–Crippen MR) is 85.3 cm³/mol. The van der Waals surface area contributed by atoms with Gasteiger partial charge < -0.3 is 9.84 Å². The van der Waals surface area contributed by atoms with Gasteiger partial charge in [0, 0.05) is 18.7 Å². The molecule has 0 saturated carbocycles. The van der Waals surface area contributed by atoms with Crippen molar-refractivity contribution in [2.75, 3.05) is 14.2 Å². The molecule has 2 rings (SSSR count). The molecule has 0 spiro atoms. The molecule has 0 heterocycles. The number of methoxy groups -OCH3 is 1. The summed E-state index contributed by atoms with van der Waals surface area (Å²) in [6, 6.07) is 14.2. The highest BCUT2D eigenvalue weighted by molar-refractivity contribution is 5.37. The molecule has 0 amide bonds. The molecule has 0 bridgehead atoms. The fraction of sp³-hybridized carbons (Fsp3) is 0.333. The molecule has 0 atom stereocenters. The second-order valence-electron chi connectivity index (χ2n) is 5.40. The molecule has 2 aromatic rings. The number of benzene rings is 2. The fourth-order valence-electron chi connectivity index (χ4n) is 2.48. The molecule has 21 heavy (non-hydrogen) atoms. The third-order valence-corrected chi connectivity index (χ3v) is 3.67. The molecular weight excluding hydrogens is 262 g/mol. The lowest BCUT2D eigenvalue weighted by Gasteiger charge is -2.20. The van der Waals surface area contributed by atoms with E-state index in [1.807, 2.05) is 18.2 Å². The van der Waals surface area contributed by atoms with E-state index in [4.69, 9.17) is 4.74 Å². The molecule has 0 aliphatic rings. The SMILES string of the molecule is COc1ccc(CO)cc1CN(C)Cc1ccccc1C. The molecular formula is C18H23NO2. The van der Waals surface area contributed by atoms with Gasteiger partial charge in [0.2, 0.25) is 0 Å². The minimum absolute atomic E-state index is 0.0541. The van der Waals surface area contributed by atoms with Gasteiger partial charge in [-0.3, -0.25) is 4.90 Å². The van der Waals surface area contributed by atoms with E-state index in [1.165, 1.54) is 11.1 Å². The van der Waals surface area contributed by atoms with Gasteiger partial charge in [-0.05, 0) is 42.8 Å². The number of aryl methyl sites for hydroxylation is 1. The first-order valence-electron chi connectivity index (χ1n) is 7.13. The zero-order chi connectivity index (χ0) is 15.2. The van der Waals surface area contributed by atoms with Gasteiger partial charge in [-0.25, -0.2) is 0 Å². The first kappa shape index (κ1) is 15.5. The van der Waals surface area contributed by atoms with Crippen molar-refractivity contribution >= 4 is 0 Å². The highest BCUT2D eigenvalue weighted by Gasteiger charge is 2.09. The van der Waals surface area contributed by atoms with Crippen molar-refractivity contribution in [3.63, 3.8) is 0 Å². The normalized spacial score (nSPS) is 10.9. The highest BCUT2D eigenvalue weighted by atomic mass is 16.5.